The lowest BCUT2D eigenvalue weighted by Crippen LogP contribution is -2.62. The van der Waals surface area contributed by atoms with Crippen LogP contribution < -0.4 is 15.8 Å². The summed E-state index contributed by atoms with van der Waals surface area (Å²) >= 11 is 0. The second-order valence-corrected chi connectivity index (χ2v) is 8.63. The normalized spacial score (nSPS) is 25.3. The molecule has 5 rings (SSSR count). The number of allylic oxidation sites excluding steroid dienone is 2. The highest BCUT2D eigenvalue weighted by Crippen LogP contribution is 2.59. The number of Topliss-reactive ketones (excluding diaryl/α,β-unsaturated/α-hetero) is 1. The maximum atomic E-state index is 13.9. The van der Waals surface area contributed by atoms with E-state index < -0.39 is 39.3 Å². The maximum Gasteiger partial charge on any atom is 0.319 e. The molecule has 170 valence electrons. The average molecular weight is 451 g/mol. The molecule has 1 aromatic heterocycles. The summed E-state index contributed by atoms with van der Waals surface area (Å²) in [5.41, 5.74) is 4.74. The fourth-order valence-corrected chi connectivity index (χ4v) is 4.81. The van der Waals surface area contributed by atoms with Gasteiger partial charge in [-0.05, 0) is 30.4 Å². The van der Waals surface area contributed by atoms with E-state index in [0.29, 0.717) is 12.8 Å². The van der Waals surface area contributed by atoms with Crippen LogP contribution in [0.5, 0.6) is 5.75 Å². The molecular weight excluding hydrogens is 430 g/mol. The largest absolute Gasteiger partial charge is 0.454 e. The Bertz CT molecular complexity index is 1310. The number of ether oxygens (including phenoxy) is 1. The van der Waals surface area contributed by atoms with Crippen molar-refractivity contribution in [1.29, 1.82) is 0 Å². The number of hydrogen-bond acceptors (Lipinski definition) is 8. The number of nitrogens with two attached hydrogens (primary N) is 1. The number of aromatic amines is 1. The Morgan fingerprint density at radius 3 is 2.88 bits per heavy atom. The molecule has 33 heavy (non-hydrogen) atoms. The molecule has 0 radical (unpaired) electrons. The lowest BCUT2D eigenvalue weighted by atomic mass is 9.83. The van der Waals surface area contributed by atoms with Gasteiger partial charge in [0.15, 0.2) is 0 Å². The Morgan fingerprint density at radius 2 is 2.18 bits per heavy atom. The zero-order valence-corrected chi connectivity index (χ0v) is 17.8. The third-order valence-electron chi connectivity index (χ3n) is 6.47. The summed E-state index contributed by atoms with van der Waals surface area (Å²) < 4.78 is 6.00. The highest BCUT2D eigenvalue weighted by Gasteiger charge is 2.74. The van der Waals surface area contributed by atoms with Gasteiger partial charge in [-0.1, -0.05) is 32.1 Å². The number of H-pyrrole nitrogens is 1. The molecule has 2 unspecified atom stereocenters. The van der Waals surface area contributed by atoms with E-state index in [2.05, 4.69) is 15.5 Å². The number of rotatable bonds is 4. The van der Waals surface area contributed by atoms with E-state index in [1.165, 1.54) is 0 Å². The standard InChI is InChI=1S/C22H21N5O6/c1-10(2)11-6-7-12-16(8-11)33-22(30)13-4-3-5-14(23)17(13)19(28)21(12,22)25-20(29)18-15(27(31)32)9-24-26-18/h4,6-10,30H,3,5,23H2,1-2H3,(H,24,26)(H,25,29). The number of aromatic nitrogens is 2. The first-order valence-electron chi connectivity index (χ1n) is 10.4. The first-order valence-corrected chi connectivity index (χ1v) is 10.4. The van der Waals surface area contributed by atoms with Crippen molar-refractivity contribution in [3.8, 4) is 5.75 Å². The number of carbonyl (C=O) groups excluding carboxylic acids is 2. The molecule has 1 fully saturated rings. The molecule has 1 amide bonds. The van der Waals surface area contributed by atoms with Crippen LogP contribution in [0.15, 0.2) is 47.3 Å². The van der Waals surface area contributed by atoms with Crippen molar-refractivity contribution in [1.82, 2.24) is 15.5 Å². The second-order valence-electron chi connectivity index (χ2n) is 8.63. The van der Waals surface area contributed by atoms with Gasteiger partial charge >= 0.3 is 5.69 Å². The molecule has 0 bridgehead atoms. The molecule has 2 aliphatic carbocycles. The quantitative estimate of drug-likeness (QED) is 0.401. The molecule has 11 heteroatoms. The minimum Gasteiger partial charge on any atom is -0.454 e. The molecule has 5 N–H and O–H groups in total. The molecular formula is C22H21N5O6. The van der Waals surface area contributed by atoms with Crippen LogP contribution in [-0.2, 0) is 10.3 Å². The maximum absolute atomic E-state index is 13.9. The zero-order chi connectivity index (χ0) is 23.7. The van der Waals surface area contributed by atoms with E-state index in [0.717, 1.165) is 11.8 Å². The highest BCUT2D eigenvalue weighted by atomic mass is 16.6. The molecule has 1 saturated carbocycles. The number of nitrogens with one attached hydrogen (secondary N) is 2. The number of nitrogens with zero attached hydrogens (tertiary/aromatic N) is 2. The summed E-state index contributed by atoms with van der Waals surface area (Å²) in [4.78, 5) is 37.6. The number of benzene rings is 1. The fraction of sp³-hybridized carbons (Fsp3) is 0.318. The number of hydrogen-bond donors (Lipinski definition) is 4. The van der Waals surface area contributed by atoms with Crippen LogP contribution in [0.3, 0.4) is 0 Å². The zero-order valence-electron chi connectivity index (χ0n) is 17.8. The third-order valence-corrected chi connectivity index (χ3v) is 6.47. The average Bonchev–Trinajstić information content (AvgIpc) is 3.39. The Balaban J connectivity index is 1.73. The first kappa shape index (κ1) is 20.9. The van der Waals surface area contributed by atoms with Gasteiger partial charge < -0.3 is 20.9 Å². The second kappa shape index (κ2) is 6.75. The highest BCUT2D eigenvalue weighted by molar-refractivity contribution is 6.16. The van der Waals surface area contributed by atoms with Gasteiger partial charge in [0.2, 0.25) is 17.0 Å². The van der Waals surface area contributed by atoms with E-state index in [1.807, 2.05) is 13.8 Å². The molecule has 2 heterocycles. The van der Waals surface area contributed by atoms with Crippen LogP contribution in [0.1, 0.15) is 54.2 Å². The molecule has 2 aromatic rings. The Hall–Kier alpha value is -3.99. The van der Waals surface area contributed by atoms with Crippen molar-refractivity contribution >= 4 is 17.4 Å². The number of nitro groups is 1. The summed E-state index contributed by atoms with van der Waals surface area (Å²) in [6.45, 7) is 3.97. The molecule has 2 atom stereocenters. The van der Waals surface area contributed by atoms with Crippen molar-refractivity contribution in [3.05, 3.63) is 74.3 Å². The Labute approximate surface area is 187 Å². The van der Waals surface area contributed by atoms with Crippen molar-refractivity contribution in [2.24, 2.45) is 5.73 Å². The van der Waals surface area contributed by atoms with Gasteiger partial charge in [-0.25, -0.2) is 0 Å². The van der Waals surface area contributed by atoms with Crippen molar-refractivity contribution < 1.29 is 24.4 Å². The number of amides is 1. The summed E-state index contributed by atoms with van der Waals surface area (Å²) in [7, 11) is 0. The van der Waals surface area contributed by atoms with Crippen LogP contribution >= 0.6 is 0 Å². The third kappa shape index (κ3) is 2.56. The number of carbonyl (C=O) groups is 2. The summed E-state index contributed by atoms with van der Waals surface area (Å²) in [6, 6.07) is 5.12. The Kier molecular flexibility index (Phi) is 4.27. The summed E-state index contributed by atoms with van der Waals surface area (Å²) in [6.07, 6.45) is 3.46. The predicted molar refractivity (Wildman–Crippen MR) is 114 cm³/mol. The van der Waals surface area contributed by atoms with E-state index in [1.54, 1.807) is 24.3 Å². The monoisotopic (exact) mass is 451 g/mol. The van der Waals surface area contributed by atoms with Crippen LogP contribution in [0, 0.1) is 10.1 Å². The smallest absolute Gasteiger partial charge is 0.319 e. The summed E-state index contributed by atoms with van der Waals surface area (Å²) in [5.74, 6) is -3.52. The van der Waals surface area contributed by atoms with Crippen LogP contribution in [0.2, 0.25) is 0 Å². The van der Waals surface area contributed by atoms with E-state index in [-0.39, 0.29) is 34.1 Å². The van der Waals surface area contributed by atoms with Gasteiger partial charge in [0, 0.05) is 22.4 Å². The molecule has 0 saturated heterocycles. The minimum atomic E-state index is -2.27. The van der Waals surface area contributed by atoms with Crippen molar-refractivity contribution in [2.45, 2.75) is 43.9 Å². The lowest BCUT2D eigenvalue weighted by Gasteiger charge is -2.34. The SMILES string of the molecule is CC(C)c1ccc2c(c1)OC1(O)C3=CCCC(N)=C3C(=O)C21NC(=O)c1[nH]ncc1[N+](=O)[O-]. The van der Waals surface area contributed by atoms with Crippen LogP contribution in [-0.4, -0.2) is 37.7 Å². The van der Waals surface area contributed by atoms with Crippen LogP contribution in [0.4, 0.5) is 5.69 Å². The molecule has 1 aromatic carbocycles. The van der Waals surface area contributed by atoms with E-state index in [4.69, 9.17) is 10.5 Å². The van der Waals surface area contributed by atoms with Gasteiger partial charge in [-0.2, -0.15) is 5.10 Å². The topological polar surface area (TPSA) is 173 Å². The molecule has 1 aliphatic heterocycles. The predicted octanol–water partition coefficient (Wildman–Crippen LogP) is 1.66. The molecule has 0 spiro atoms. The Morgan fingerprint density at radius 1 is 1.42 bits per heavy atom. The van der Waals surface area contributed by atoms with Gasteiger partial charge in [0.1, 0.15) is 11.9 Å². The summed E-state index contributed by atoms with van der Waals surface area (Å²) in [5, 5.41) is 31.6. The number of aliphatic hydroxyl groups is 1. The number of fused-ring (bicyclic) bond motifs is 5. The molecule has 3 aliphatic rings. The van der Waals surface area contributed by atoms with Crippen LogP contribution in [0.25, 0.3) is 0 Å². The van der Waals surface area contributed by atoms with Crippen molar-refractivity contribution in [3.63, 3.8) is 0 Å². The first-order chi connectivity index (χ1) is 15.6. The van der Waals surface area contributed by atoms with Gasteiger partial charge in [0.25, 0.3) is 11.7 Å². The van der Waals surface area contributed by atoms with Gasteiger partial charge in [-0.15, -0.1) is 0 Å². The molecule has 11 nitrogen and oxygen atoms in total. The van der Waals surface area contributed by atoms with Gasteiger partial charge in [-0.3, -0.25) is 24.8 Å². The van der Waals surface area contributed by atoms with Crippen molar-refractivity contribution in [2.75, 3.05) is 0 Å². The van der Waals surface area contributed by atoms with Gasteiger partial charge in [0.05, 0.1) is 4.92 Å². The van der Waals surface area contributed by atoms with E-state index >= 15 is 0 Å². The lowest BCUT2D eigenvalue weighted by molar-refractivity contribution is -0.385. The minimum absolute atomic E-state index is 0.0988. The fourth-order valence-electron chi connectivity index (χ4n) is 4.81. The number of ketones is 1. The van der Waals surface area contributed by atoms with E-state index in [9.17, 15) is 24.8 Å².